The predicted octanol–water partition coefficient (Wildman–Crippen LogP) is 2.05. The summed E-state index contributed by atoms with van der Waals surface area (Å²) in [5.41, 5.74) is 0.995. The van der Waals surface area contributed by atoms with E-state index in [2.05, 4.69) is 16.0 Å². The van der Waals surface area contributed by atoms with Crippen LogP contribution < -0.4 is 16.0 Å². The van der Waals surface area contributed by atoms with Crippen LogP contribution in [0.5, 0.6) is 0 Å². The molecule has 0 bridgehead atoms. The number of carbonyl (C=O) groups excluding carboxylic acids is 3. The number of amides is 4. The number of nitrogens with one attached hydrogen (secondary N) is 3. The lowest BCUT2D eigenvalue weighted by Gasteiger charge is -2.26. The molecule has 1 saturated heterocycles. The molecule has 2 rings (SSSR count). The summed E-state index contributed by atoms with van der Waals surface area (Å²) in [5, 5.41) is 16.7. The van der Waals surface area contributed by atoms with Crippen LogP contribution in [0.25, 0.3) is 0 Å². The van der Waals surface area contributed by atoms with Gasteiger partial charge in [-0.1, -0.05) is 13.8 Å². The van der Waals surface area contributed by atoms with Gasteiger partial charge in [-0.15, -0.1) is 0 Å². The first-order chi connectivity index (χ1) is 13.9. The lowest BCUT2D eigenvalue weighted by molar-refractivity contribution is -0.123. The molecule has 1 aliphatic rings. The van der Waals surface area contributed by atoms with E-state index in [1.54, 1.807) is 29.2 Å². The Kier molecular flexibility index (Phi) is 8.80. The Morgan fingerprint density at radius 2 is 1.83 bits per heavy atom. The summed E-state index contributed by atoms with van der Waals surface area (Å²) in [6.07, 6.45) is 0.464. The summed E-state index contributed by atoms with van der Waals surface area (Å²) in [7, 11) is 0. The minimum Gasteiger partial charge on any atom is -0.341 e. The molecule has 156 valence electrons. The first-order valence-corrected chi connectivity index (χ1v) is 10.8. The zero-order chi connectivity index (χ0) is 21.2. The number of anilines is 1. The zero-order valence-corrected chi connectivity index (χ0v) is 17.6. The molecular formula is C20H27N5O3S. The molecule has 1 aromatic rings. The molecule has 3 N–H and O–H groups in total. The topological polar surface area (TPSA) is 114 Å². The van der Waals surface area contributed by atoms with Gasteiger partial charge < -0.3 is 20.9 Å². The standard InChI is InChI=1S/C20H27N5O3S/c1-14(2)13-17(19(27)22-8-7-21)24-18(26)15-3-5-16(6-4-15)23-20(28)25-9-11-29-12-10-25/h3-6,14,17H,8-13H2,1-2H3,(H,22,27)(H,23,28)(H,24,26). The quantitative estimate of drug-likeness (QED) is 0.588. The Hall–Kier alpha value is -2.73. The Balaban J connectivity index is 1.96. The van der Waals surface area contributed by atoms with Crippen molar-refractivity contribution >= 4 is 35.3 Å². The molecule has 1 unspecified atom stereocenters. The van der Waals surface area contributed by atoms with Gasteiger partial charge in [0.25, 0.3) is 5.91 Å². The third kappa shape index (κ3) is 7.31. The molecule has 1 aliphatic heterocycles. The second-order valence-electron chi connectivity index (χ2n) is 7.14. The van der Waals surface area contributed by atoms with Crippen molar-refractivity contribution in [2.75, 3.05) is 36.5 Å². The van der Waals surface area contributed by atoms with Crippen LogP contribution in [0.4, 0.5) is 10.5 Å². The fourth-order valence-corrected chi connectivity index (χ4v) is 3.77. The summed E-state index contributed by atoms with van der Waals surface area (Å²) in [6, 6.07) is 7.54. The first kappa shape index (κ1) is 22.6. The number of carbonyl (C=O) groups is 3. The number of nitrogens with zero attached hydrogens (tertiary/aromatic N) is 2. The number of thioether (sulfide) groups is 1. The average Bonchev–Trinajstić information content (AvgIpc) is 2.72. The fraction of sp³-hybridized carbons (Fsp3) is 0.500. The van der Waals surface area contributed by atoms with E-state index in [9.17, 15) is 14.4 Å². The van der Waals surface area contributed by atoms with Gasteiger partial charge in [-0.05, 0) is 36.6 Å². The lowest BCUT2D eigenvalue weighted by atomic mass is 10.0. The van der Waals surface area contributed by atoms with E-state index in [1.807, 2.05) is 31.7 Å². The Labute approximate surface area is 175 Å². The maximum Gasteiger partial charge on any atom is 0.321 e. The number of hydrogen-bond acceptors (Lipinski definition) is 5. The highest BCUT2D eigenvalue weighted by molar-refractivity contribution is 7.99. The number of rotatable bonds is 7. The molecule has 0 radical (unpaired) electrons. The highest BCUT2D eigenvalue weighted by Gasteiger charge is 2.22. The van der Waals surface area contributed by atoms with E-state index >= 15 is 0 Å². The van der Waals surface area contributed by atoms with Crippen molar-refractivity contribution < 1.29 is 14.4 Å². The van der Waals surface area contributed by atoms with Crippen LogP contribution in [0, 0.1) is 17.2 Å². The van der Waals surface area contributed by atoms with Gasteiger partial charge in [0.1, 0.15) is 12.6 Å². The lowest BCUT2D eigenvalue weighted by Crippen LogP contribution is -2.47. The van der Waals surface area contributed by atoms with Gasteiger partial charge >= 0.3 is 6.03 Å². The molecular weight excluding hydrogens is 390 g/mol. The normalized spacial score (nSPS) is 14.6. The fourth-order valence-electron chi connectivity index (χ4n) is 2.87. The minimum absolute atomic E-state index is 0.104. The van der Waals surface area contributed by atoms with Gasteiger partial charge in [-0.3, -0.25) is 9.59 Å². The van der Waals surface area contributed by atoms with E-state index in [-0.39, 0.29) is 30.3 Å². The highest BCUT2D eigenvalue weighted by atomic mass is 32.2. The molecule has 0 aliphatic carbocycles. The maximum absolute atomic E-state index is 12.5. The monoisotopic (exact) mass is 417 g/mol. The largest absolute Gasteiger partial charge is 0.341 e. The molecule has 9 heteroatoms. The predicted molar refractivity (Wildman–Crippen MR) is 114 cm³/mol. The smallest absolute Gasteiger partial charge is 0.321 e. The molecule has 1 atom stereocenters. The third-order valence-electron chi connectivity index (χ3n) is 4.37. The molecule has 4 amide bonds. The van der Waals surface area contributed by atoms with Crippen LogP contribution in [0.15, 0.2) is 24.3 Å². The summed E-state index contributed by atoms with van der Waals surface area (Å²) in [4.78, 5) is 38.8. The van der Waals surface area contributed by atoms with Crippen LogP contribution >= 0.6 is 11.8 Å². The summed E-state index contributed by atoms with van der Waals surface area (Å²) in [5.74, 6) is 1.31. The first-order valence-electron chi connectivity index (χ1n) is 9.60. The van der Waals surface area contributed by atoms with Gasteiger partial charge in [-0.25, -0.2) is 4.79 Å². The second-order valence-corrected chi connectivity index (χ2v) is 8.36. The highest BCUT2D eigenvalue weighted by Crippen LogP contribution is 2.14. The maximum atomic E-state index is 12.5. The number of hydrogen-bond donors (Lipinski definition) is 3. The number of benzene rings is 1. The van der Waals surface area contributed by atoms with Gasteiger partial charge in [0, 0.05) is 35.8 Å². The van der Waals surface area contributed by atoms with Crippen LogP contribution in [0.1, 0.15) is 30.6 Å². The van der Waals surface area contributed by atoms with E-state index < -0.39 is 6.04 Å². The molecule has 8 nitrogen and oxygen atoms in total. The van der Waals surface area contributed by atoms with Crippen molar-refractivity contribution in [3.63, 3.8) is 0 Å². The zero-order valence-electron chi connectivity index (χ0n) is 16.7. The number of urea groups is 1. The van der Waals surface area contributed by atoms with Crippen LogP contribution in [0.2, 0.25) is 0 Å². The average molecular weight is 418 g/mol. The van der Waals surface area contributed by atoms with Crippen molar-refractivity contribution in [1.29, 1.82) is 5.26 Å². The van der Waals surface area contributed by atoms with Crippen molar-refractivity contribution in [2.45, 2.75) is 26.3 Å². The van der Waals surface area contributed by atoms with E-state index in [0.29, 0.717) is 17.7 Å². The van der Waals surface area contributed by atoms with Gasteiger partial charge in [0.05, 0.1) is 6.07 Å². The molecule has 29 heavy (non-hydrogen) atoms. The van der Waals surface area contributed by atoms with Gasteiger partial charge in [0.2, 0.25) is 5.91 Å². The van der Waals surface area contributed by atoms with Crippen LogP contribution in [-0.4, -0.2) is 59.9 Å². The second kappa shape index (κ2) is 11.3. The van der Waals surface area contributed by atoms with Crippen molar-refractivity contribution in [1.82, 2.24) is 15.5 Å². The molecule has 1 fully saturated rings. The Morgan fingerprint density at radius 3 is 2.41 bits per heavy atom. The Morgan fingerprint density at radius 1 is 1.17 bits per heavy atom. The molecule has 1 aromatic carbocycles. The van der Waals surface area contributed by atoms with Gasteiger partial charge in [-0.2, -0.15) is 17.0 Å². The van der Waals surface area contributed by atoms with Crippen LogP contribution in [0.3, 0.4) is 0 Å². The molecule has 1 heterocycles. The van der Waals surface area contributed by atoms with Crippen molar-refractivity contribution in [3.05, 3.63) is 29.8 Å². The summed E-state index contributed by atoms with van der Waals surface area (Å²) < 4.78 is 0. The third-order valence-corrected chi connectivity index (χ3v) is 5.31. The van der Waals surface area contributed by atoms with Gasteiger partial charge in [0.15, 0.2) is 0 Å². The SMILES string of the molecule is CC(C)CC(NC(=O)c1ccc(NC(=O)N2CCSCC2)cc1)C(=O)NCC#N. The molecule has 0 spiro atoms. The van der Waals surface area contributed by atoms with Crippen molar-refractivity contribution in [3.8, 4) is 6.07 Å². The number of nitriles is 1. The van der Waals surface area contributed by atoms with Crippen molar-refractivity contribution in [2.24, 2.45) is 5.92 Å². The van der Waals surface area contributed by atoms with E-state index in [4.69, 9.17) is 5.26 Å². The van der Waals surface area contributed by atoms with Crippen LogP contribution in [-0.2, 0) is 4.79 Å². The molecule has 0 aromatic heterocycles. The van der Waals surface area contributed by atoms with E-state index in [1.165, 1.54) is 0 Å². The Bertz CT molecular complexity index is 754. The summed E-state index contributed by atoms with van der Waals surface area (Å²) in [6.45, 7) is 5.25. The molecule has 0 saturated carbocycles. The summed E-state index contributed by atoms with van der Waals surface area (Å²) >= 11 is 1.83. The minimum atomic E-state index is -0.716. The van der Waals surface area contributed by atoms with E-state index in [0.717, 1.165) is 24.6 Å².